The molecule has 0 spiro atoms. The second kappa shape index (κ2) is 8.15. The van der Waals surface area contributed by atoms with Gasteiger partial charge in [-0.25, -0.2) is 9.97 Å². The van der Waals surface area contributed by atoms with E-state index in [-0.39, 0.29) is 17.8 Å². The van der Waals surface area contributed by atoms with Crippen molar-refractivity contribution in [2.75, 3.05) is 0 Å². The van der Waals surface area contributed by atoms with Crippen molar-refractivity contribution >= 4 is 0 Å². The zero-order valence-electron chi connectivity index (χ0n) is 14.4. The Morgan fingerprint density at radius 1 is 1.17 bits per heavy atom. The molecular weight excluding hydrogens is 312 g/mol. The molecule has 0 aliphatic heterocycles. The maximum absolute atomic E-state index is 12.6. The molecule has 0 amide bonds. The van der Waals surface area contributed by atoms with Gasteiger partial charge in [-0.05, 0) is 33.3 Å². The Kier molecular flexibility index (Phi) is 6.20. The van der Waals surface area contributed by atoms with Crippen molar-refractivity contribution in [3.63, 3.8) is 0 Å². The minimum absolute atomic E-state index is 0.0184. The van der Waals surface area contributed by atoms with E-state index < -0.39 is 6.61 Å². The number of hydrogen-bond donors (Lipinski definition) is 1. The van der Waals surface area contributed by atoms with E-state index in [1.807, 2.05) is 46.0 Å². The van der Waals surface area contributed by atoms with Crippen LogP contribution in [0.1, 0.15) is 55.0 Å². The van der Waals surface area contributed by atoms with E-state index in [9.17, 15) is 8.78 Å². The highest BCUT2D eigenvalue weighted by Gasteiger charge is 2.20. The highest BCUT2D eigenvalue weighted by Crippen LogP contribution is 2.30. The first-order chi connectivity index (χ1) is 11.4. The summed E-state index contributed by atoms with van der Waals surface area (Å²) in [6.07, 6.45) is 2.54. The zero-order chi connectivity index (χ0) is 17.7. The van der Waals surface area contributed by atoms with Crippen molar-refractivity contribution in [2.45, 2.75) is 52.8 Å². The number of aromatic nitrogens is 2. The van der Waals surface area contributed by atoms with Crippen LogP contribution in [0.2, 0.25) is 0 Å². The number of alkyl halides is 2. The van der Waals surface area contributed by atoms with Crippen molar-refractivity contribution in [3.8, 4) is 5.75 Å². The number of nitrogens with zero attached hydrogens (tertiary/aromatic N) is 2. The summed E-state index contributed by atoms with van der Waals surface area (Å²) in [6, 6.07) is 6.75. The number of ether oxygens (including phenoxy) is 1. The van der Waals surface area contributed by atoms with Gasteiger partial charge in [-0.3, -0.25) is 0 Å². The summed E-state index contributed by atoms with van der Waals surface area (Å²) in [5.74, 6) is 0.932. The monoisotopic (exact) mass is 335 g/mol. The minimum atomic E-state index is -2.84. The van der Waals surface area contributed by atoms with Crippen molar-refractivity contribution in [3.05, 3.63) is 53.1 Å². The van der Waals surface area contributed by atoms with Gasteiger partial charge < -0.3 is 10.1 Å². The molecule has 1 aromatic carbocycles. The fourth-order valence-corrected chi connectivity index (χ4v) is 2.81. The average Bonchev–Trinajstić information content (AvgIpc) is 2.52. The van der Waals surface area contributed by atoms with Gasteiger partial charge in [0.15, 0.2) is 0 Å². The van der Waals surface area contributed by atoms with E-state index in [1.54, 1.807) is 12.1 Å². The lowest BCUT2D eigenvalue weighted by atomic mass is 10.0. The number of rotatable bonds is 7. The smallest absolute Gasteiger partial charge is 0.387 e. The Morgan fingerprint density at radius 2 is 1.88 bits per heavy atom. The number of benzene rings is 1. The van der Waals surface area contributed by atoms with Gasteiger partial charge in [-0.15, -0.1) is 0 Å². The minimum Gasteiger partial charge on any atom is -0.434 e. The molecule has 0 unspecified atom stereocenters. The summed E-state index contributed by atoms with van der Waals surface area (Å²) < 4.78 is 29.9. The molecule has 4 nitrogen and oxygen atoms in total. The molecule has 0 saturated carbocycles. The van der Waals surface area contributed by atoms with E-state index in [0.29, 0.717) is 0 Å². The second-order valence-corrected chi connectivity index (χ2v) is 5.72. The van der Waals surface area contributed by atoms with Crippen LogP contribution >= 0.6 is 0 Å². The number of hydrogen-bond acceptors (Lipinski definition) is 4. The summed E-state index contributed by atoms with van der Waals surface area (Å²) in [7, 11) is 0. The van der Waals surface area contributed by atoms with E-state index in [1.165, 1.54) is 0 Å². The highest BCUT2D eigenvalue weighted by molar-refractivity contribution is 5.36. The fraction of sp³-hybridized carbons (Fsp3) is 0.444. The predicted molar refractivity (Wildman–Crippen MR) is 89.2 cm³/mol. The third kappa shape index (κ3) is 4.47. The molecule has 2 aromatic rings. The van der Waals surface area contributed by atoms with Crippen LogP contribution in [0.25, 0.3) is 0 Å². The van der Waals surface area contributed by atoms with Crippen LogP contribution in [-0.4, -0.2) is 16.6 Å². The molecule has 1 heterocycles. The maximum atomic E-state index is 12.6. The number of aryl methyl sites for hydroxylation is 2. The molecule has 2 rings (SSSR count). The van der Waals surface area contributed by atoms with Crippen LogP contribution < -0.4 is 10.1 Å². The van der Waals surface area contributed by atoms with Crippen molar-refractivity contribution in [1.82, 2.24) is 15.3 Å². The lowest BCUT2D eigenvalue weighted by Gasteiger charge is -2.25. The molecule has 0 saturated heterocycles. The Hall–Kier alpha value is -2.08. The van der Waals surface area contributed by atoms with Gasteiger partial charge in [-0.2, -0.15) is 8.78 Å². The van der Waals surface area contributed by atoms with Gasteiger partial charge in [0, 0.05) is 35.1 Å². The number of halogens is 2. The molecule has 2 atom stereocenters. The van der Waals surface area contributed by atoms with Gasteiger partial charge in [-0.1, -0.05) is 25.1 Å². The fourth-order valence-electron chi connectivity index (χ4n) is 2.81. The average molecular weight is 335 g/mol. The summed E-state index contributed by atoms with van der Waals surface area (Å²) in [5.41, 5.74) is 2.62. The number of nitrogens with one attached hydrogen (secondary N) is 1. The third-order valence-corrected chi connectivity index (χ3v) is 3.97. The third-order valence-electron chi connectivity index (χ3n) is 3.97. The van der Waals surface area contributed by atoms with Crippen LogP contribution in [0.4, 0.5) is 8.78 Å². The van der Waals surface area contributed by atoms with Gasteiger partial charge in [0.05, 0.1) is 0 Å². The summed E-state index contributed by atoms with van der Waals surface area (Å²) in [6.45, 7) is 4.97. The van der Waals surface area contributed by atoms with E-state index in [2.05, 4.69) is 20.0 Å². The standard InChI is InChI=1S/C18H23F2N3O/c1-5-16(14-8-6-7-9-17(14)24-18(19)20)23-12(3)15-10-21-13(4)22-11(15)2/h6-10,12,16,18,23H,5H2,1-4H3/t12-,16-/m0/s1. The van der Waals surface area contributed by atoms with Gasteiger partial charge in [0.2, 0.25) is 0 Å². The first kappa shape index (κ1) is 18.3. The SMILES string of the molecule is CC[C@H](N[C@@H](C)c1cnc(C)nc1C)c1ccccc1OC(F)F. The highest BCUT2D eigenvalue weighted by atomic mass is 19.3. The first-order valence-corrected chi connectivity index (χ1v) is 8.02. The molecule has 0 radical (unpaired) electrons. The first-order valence-electron chi connectivity index (χ1n) is 8.02. The molecule has 0 aliphatic rings. The molecule has 1 N–H and O–H groups in total. The quantitative estimate of drug-likeness (QED) is 0.809. The molecular formula is C18H23F2N3O. The molecule has 6 heteroatoms. The van der Waals surface area contributed by atoms with Crippen LogP contribution in [-0.2, 0) is 0 Å². The van der Waals surface area contributed by atoms with E-state index in [0.717, 1.165) is 29.1 Å². The Morgan fingerprint density at radius 3 is 2.50 bits per heavy atom. The van der Waals surface area contributed by atoms with Crippen LogP contribution in [0.5, 0.6) is 5.75 Å². The Bertz CT molecular complexity index is 679. The normalized spacial score (nSPS) is 13.8. The van der Waals surface area contributed by atoms with Gasteiger partial charge >= 0.3 is 6.61 Å². The van der Waals surface area contributed by atoms with Crippen molar-refractivity contribution in [2.24, 2.45) is 0 Å². The summed E-state index contributed by atoms with van der Waals surface area (Å²) >= 11 is 0. The van der Waals surface area contributed by atoms with Crippen LogP contribution in [0.3, 0.4) is 0 Å². The molecule has 0 fully saturated rings. The van der Waals surface area contributed by atoms with Crippen molar-refractivity contribution in [1.29, 1.82) is 0 Å². The lowest BCUT2D eigenvalue weighted by Crippen LogP contribution is -2.26. The van der Waals surface area contributed by atoms with E-state index in [4.69, 9.17) is 0 Å². The Balaban J connectivity index is 2.23. The summed E-state index contributed by atoms with van der Waals surface area (Å²) in [5, 5.41) is 3.47. The van der Waals surface area contributed by atoms with Gasteiger partial charge in [0.1, 0.15) is 11.6 Å². The van der Waals surface area contributed by atoms with Crippen LogP contribution in [0, 0.1) is 13.8 Å². The largest absolute Gasteiger partial charge is 0.434 e. The number of para-hydroxylation sites is 1. The molecule has 24 heavy (non-hydrogen) atoms. The lowest BCUT2D eigenvalue weighted by molar-refractivity contribution is -0.0507. The molecule has 1 aromatic heterocycles. The predicted octanol–water partition coefficient (Wildman–Crippen LogP) is 4.50. The van der Waals surface area contributed by atoms with Crippen LogP contribution in [0.15, 0.2) is 30.5 Å². The second-order valence-electron chi connectivity index (χ2n) is 5.72. The van der Waals surface area contributed by atoms with E-state index >= 15 is 0 Å². The van der Waals surface area contributed by atoms with Gasteiger partial charge in [0.25, 0.3) is 0 Å². The maximum Gasteiger partial charge on any atom is 0.387 e. The molecule has 0 bridgehead atoms. The van der Waals surface area contributed by atoms with Crippen molar-refractivity contribution < 1.29 is 13.5 Å². The molecule has 0 aliphatic carbocycles. The zero-order valence-corrected chi connectivity index (χ0v) is 14.4. The Labute approximate surface area is 141 Å². The summed E-state index contributed by atoms with van der Waals surface area (Å²) in [4.78, 5) is 8.63. The molecule has 130 valence electrons. The topological polar surface area (TPSA) is 47.0 Å².